The molecule has 0 aromatic heterocycles. The van der Waals surface area contributed by atoms with Crippen molar-refractivity contribution in [1.82, 2.24) is 0 Å². The van der Waals surface area contributed by atoms with Crippen molar-refractivity contribution < 1.29 is 4.79 Å². The Labute approximate surface area is 89.2 Å². The maximum atomic E-state index is 10.9. The summed E-state index contributed by atoms with van der Waals surface area (Å²) < 4.78 is 0.796. The Hall–Kier alpha value is -0.290. The van der Waals surface area contributed by atoms with Crippen LogP contribution in [-0.4, -0.2) is 5.91 Å². The molecule has 0 aliphatic carbocycles. The second-order valence-electron chi connectivity index (χ2n) is 2.44. The van der Waals surface area contributed by atoms with Crippen molar-refractivity contribution in [2.24, 2.45) is 5.73 Å². The third kappa shape index (κ3) is 1.90. The van der Waals surface area contributed by atoms with Crippen LogP contribution in [0.2, 0.25) is 5.02 Å². The third-order valence-corrected chi connectivity index (χ3v) is 2.57. The number of amides is 1. The molecule has 12 heavy (non-hydrogen) atoms. The number of rotatable bonds is 1. The lowest BCUT2D eigenvalue weighted by Crippen LogP contribution is -2.14. The molecule has 0 fully saturated rings. The summed E-state index contributed by atoms with van der Waals surface area (Å²) in [5.41, 5.74) is 6.55. The summed E-state index contributed by atoms with van der Waals surface area (Å²) in [5.74, 6) is -0.409. The van der Waals surface area contributed by atoms with Crippen LogP contribution in [0.5, 0.6) is 0 Å². The van der Waals surface area contributed by atoms with Crippen LogP contribution < -0.4 is 5.73 Å². The van der Waals surface area contributed by atoms with Crippen LogP contribution >= 0.6 is 34.2 Å². The number of hydrogen-bond donors (Lipinski definition) is 1. The molecule has 0 spiro atoms. The molecule has 0 atom stereocenters. The zero-order chi connectivity index (χ0) is 9.30. The van der Waals surface area contributed by atoms with Crippen molar-refractivity contribution in [3.63, 3.8) is 0 Å². The van der Waals surface area contributed by atoms with Crippen molar-refractivity contribution in [3.05, 3.63) is 31.9 Å². The molecule has 0 heterocycles. The van der Waals surface area contributed by atoms with Gasteiger partial charge in [-0.2, -0.15) is 0 Å². The fourth-order valence-electron chi connectivity index (χ4n) is 1.01. The third-order valence-electron chi connectivity index (χ3n) is 1.50. The molecule has 0 unspecified atom stereocenters. The molecule has 0 aliphatic rings. The van der Waals surface area contributed by atoms with E-state index in [0.717, 1.165) is 9.13 Å². The van der Waals surface area contributed by atoms with Crippen LogP contribution in [0.1, 0.15) is 15.9 Å². The van der Waals surface area contributed by atoms with Crippen LogP contribution in [-0.2, 0) is 0 Å². The van der Waals surface area contributed by atoms with Gasteiger partial charge in [-0.05, 0) is 47.2 Å². The van der Waals surface area contributed by atoms with Gasteiger partial charge < -0.3 is 5.73 Å². The second kappa shape index (κ2) is 3.62. The Morgan fingerprint density at radius 1 is 1.58 bits per heavy atom. The number of hydrogen-bond acceptors (Lipinski definition) is 1. The van der Waals surface area contributed by atoms with Gasteiger partial charge in [0.1, 0.15) is 0 Å². The SMILES string of the molecule is Cc1cc(Cl)cc(I)c1C(N)=O. The fraction of sp³-hybridized carbons (Fsp3) is 0.125. The maximum Gasteiger partial charge on any atom is 0.250 e. The van der Waals surface area contributed by atoms with Crippen molar-refractivity contribution in [3.8, 4) is 0 Å². The van der Waals surface area contributed by atoms with Gasteiger partial charge in [0.05, 0.1) is 5.56 Å². The molecule has 1 aromatic rings. The maximum absolute atomic E-state index is 10.9. The summed E-state index contributed by atoms with van der Waals surface area (Å²) in [6.45, 7) is 1.81. The van der Waals surface area contributed by atoms with Crippen LogP contribution in [0.4, 0.5) is 0 Å². The smallest absolute Gasteiger partial charge is 0.250 e. The van der Waals surface area contributed by atoms with Crippen molar-refractivity contribution in [1.29, 1.82) is 0 Å². The molecule has 64 valence electrons. The van der Waals surface area contributed by atoms with Gasteiger partial charge in [0, 0.05) is 8.59 Å². The molecule has 4 heteroatoms. The first-order chi connectivity index (χ1) is 5.52. The summed E-state index contributed by atoms with van der Waals surface area (Å²) in [4.78, 5) is 10.9. The molecule has 1 aromatic carbocycles. The highest BCUT2D eigenvalue weighted by molar-refractivity contribution is 14.1. The second-order valence-corrected chi connectivity index (χ2v) is 4.04. The normalized spacial score (nSPS) is 9.92. The molecule has 1 rings (SSSR count). The molecule has 2 nitrogen and oxygen atoms in total. The topological polar surface area (TPSA) is 43.1 Å². The number of halogens is 2. The molecule has 0 radical (unpaired) electrons. The predicted molar refractivity (Wildman–Crippen MR) is 57.4 cm³/mol. The Kier molecular flexibility index (Phi) is 2.95. The Morgan fingerprint density at radius 2 is 2.17 bits per heavy atom. The van der Waals surface area contributed by atoms with Crippen LogP contribution in [0.15, 0.2) is 12.1 Å². The van der Waals surface area contributed by atoms with Gasteiger partial charge in [-0.1, -0.05) is 11.6 Å². The first-order valence-corrected chi connectivity index (χ1v) is 4.73. The fourth-order valence-corrected chi connectivity index (χ4v) is 2.50. The predicted octanol–water partition coefficient (Wildman–Crippen LogP) is 2.35. The van der Waals surface area contributed by atoms with Gasteiger partial charge in [0.25, 0.3) is 0 Å². The standard InChI is InChI=1S/C8H7ClINO/c1-4-2-5(9)3-6(10)7(4)8(11)12/h2-3H,1H3,(H2,11,12). The molecule has 1 amide bonds. The minimum atomic E-state index is -0.409. The minimum Gasteiger partial charge on any atom is -0.366 e. The Bertz CT molecular complexity index is 315. The average molecular weight is 296 g/mol. The number of carbonyl (C=O) groups is 1. The molecular formula is C8H7ClINO. The molecule has 2 N–H and O–H groups in total. The van der Waals surface area contributed by atoms with E-state index in [1.54, 1.807) is 12.1 Å². The van der Waals surface area contributed by atoms with E-state index in [2.05, 4.69) is 0 Å². The summed E-state index contributed by atoms with van der Waals surface area (Å²) in [6.07, 6.45) is 0. The first-order valence-electron chi connectivity index (χ1n) is 3.28. The average Bonchev–Trinajstić information content (AvgIpc) is 1.82. The van der Waals surface area contributed by atoms with E-state index in [9.17, 15) is 4.79 Å². The number of aryl methyl sites for hydroxylation is 1. The summed E-state index contributed by atoms with van der Waals surface area (Å²) >= 11 is 7.81. The summed E-state index contributed by atoms with van der Waals surface area (Å²) in [5, 5.41) is 0.627. The van der Waals surface area contributed by atoms with Gasteiger partial charge in [-0.25, -0.2) is 0 Å². The van der Waals surface area contributed by atoms with Crippen LogP contribution in [0.3, 0.4) is 0 Å². The Morgan fingerprint density at radius 3 is 2.58 bits per heavy atom. The molecule has 0 aliphatic heterocycles. The van der Waals surface area contributed by atoms with Gasteiger partial charge >= 0.3 is 0 Å². The van der Waals surface area contributed by atoms with E-state index in [1.165, 1.54) is 0 Å². The molecule has 0 saturated carbocycles. The van der Waals surface area contributed by atoms with Crippen molar-refractivity contribution >= 4 is 40.1 Å². The minimum absolute atomic E-state index is 0.409. The molecule has 0 saturated heterocycles. The number of carbonyl (C=O) groups excluding carboxylic acids is 1. The number of nitrogens with two attached hydrogens (primary N) is 1. The highest BCUT2D eigenvalue weighted by atomic mass is 127. The van der Waals surface area contributed by atoms with E-state index in [0.29, 0.717) is 10.6 Å². The van der Waals surface area contributed by atoms with Crippen molar-refractivity contribution in [2.75, 3.05) is 0 Å². The summed E-state index contributed by atoms with van der Waals surface area (Å²) in [7, 11) is 0. The quantitative estimate of drug-likeness (QED) is 0.794. The zero-order valence-electron chi connectivity index (χ0n) is 6.40. The Balaban J connectivity index is 3.38. The molecular weight excluding hydrogens is 288 g/mol. The number of primary amides is 1. The lowest BCUT2D eigenvalue weighted by Gasteiger charge is -2.04. The lowest BCUT2D eigenvalue weighted by molar-refractivity contribution is 0.0999. The monoisotopic (exact) mass is 295 g/mol. The highest BCUT2D eigenvalue weighted by Gasteiger charge is 2.09. The van der Waals surface area contributed by atoms with Crippen molar-refractivity contribution in [2.45, 2.75) is 6.92 Å². The van der Waals surface area contributed by atoms with Crippen LogP contribution in [0, 0.1) is 10.5 Å². The van der Waals surface area contributed by atoms with Gasteiger partial charge in [-0.15, -0.1) is 0 Å². The molecule has 0 bridgehead atoms. The first kappa shape index (κ1) is 9.80. The van der Waals surface area contributed by atoms with Gasteiger partial charge in [-0.3, -0.25) is 4.79 Å². The van der Waals surface area contributed by atoms with Gasteiger partial charge in [0.15, 0.2) is 0 Å². The number of benzene rings is 1. The lowest BCUT2D eigenvalue weighted by atomic mass is 10.1. The summed E-state index contributed by atoms with van der Waals surface area (Å²) in [6, 6.07) is 3.44. The van der Waals surface area contributed by atoms with E-state index < -0.39 is 5.91 Å². The highest BCUT2D eigenvalue weighted by Crippen LogP contribution is 2.21. The largest absolute Gasteiger partial charge is 0.366 e. The van der Waals surface area contributed by atoms with Gasteiger partial charge in [0.2, 0.25) is 5.91 Å². The van der Waals surface area contributed by atoms with Crippen LogP contribution in [0.25, 0.3) is 0 Å². The zero-order valence-corrected chi connectivity index (χ0v) is 9.31. The van der Waals surface area contributed by atoms with E-state index in [4.69, 9.17) is 17.3 Å². The van der Waals surface area contributed by atoms with E-state index in [1.807, 2.05) is 29.5 Å². The van der Waals surface area contributed by atoms with E-state index in [-0.39, 0.29) is 0 Å². The van der Waals surface area contributed by atoms with E-state index >= 15 is 0 Å².